The molecule has 4 nitrogen and oxygen atoms in total. The van der Waals surface area contributed by atoms with Gasteiger partial charge >= 0.3 is 0 Å². The Morgan fingerprint density at radius 1 is 1.22 bits per heavy atom. The van der Waals surface area contributed by atoms with Gasteiger partial charge in [-0.05, 0) is 24.7 Å². The Kier molecular flexibility index (Phi) is 2.92. The van der Waals surface area contributed by atoms with Gasteiger partial charge in [-0.15, -0.1) is 0 Å². The predicted octanol–water partition coefficient (Wildman–Crippen LogP) is 0.990. The number of hydrogen-bond donors (Lipinski definition) is 1. The predicted molar refractivity (Wildman–Crippen MR) is 70.3 cm³/mol. The zero-order valence-corrected chi connectivity index (χ0v) is 10.8. The standard InChI is InChI=1S/C14H20N2O2/c1-16-9-14(8-15,10-16)11-3-4-12-13(7-11)18-6-2-5-17-12/h3-4,7H,2,5-6,8-10,15H2,1H3. The van der Waals surface area contributed by atoms with Crippen LogP contribution in [0.15, 0.2) is 18.2 Å². The van der Waals surface area contributed by atoms with E-state index in [1.54, 1.807) is 0 Å². The van der Waals surface area contributed by atoms with Crippen LogP contribution >= 0.6 is 0 Å². The molecule has 1 saturated heterocycles. The van der Waals surface area contributed by atoms with Crippen LogP contribution in [0.5, 0.6) is 11.5 Å². The van der Waals surface area contributed by atoms with E-state index in [1.165, 1.54) is 5.56 Å². The number of nitrogens with zero attached hydrogens (tertiary/aromatic N) is 1. The molecule has 4 heteroatoms. The van der Waals surface area contributed by atoms with Gasteiger partial charge in [-0.2, -0.15) is 0 Å². The zero-order chi connectivity index (χ0) is 12.6. The van der Waals surface area contributed by atoms with Crippen LogP contribution in [0.25, 0.3) is 0 Å². The number of likely N-dealkylation sites (tertiary alicyclic amines) is 1. The molecule has 0 aliphatic carbocycles. The highest BCUT2D eigenvalue weighted by molar-refractivity contribution is 5.47. The lowest BCUT2D eigenvalue weighted by Gasteiger charge is -2.48. The van der Waals surface area contributed by atoms with Crippen molar-refractivity contribution in [2.75, 3.05) is 39.9 Å². The van der Waals surface area contributed by atoms with Crippen molar-refractivity contribution >= 4 is 0 Å². The smallest absolute Gasteiger partial charge is 0.161 e. The van der Waals surface area contributed by atoms with Gasteiger partial charge in [0.05, 0.1) is 13.2 Å². The first-order valence-corrected chi connectivity index (χ1v) is 6.52. The van der Waals surface area contributed by atoms with Crippen LogP contribution in [0.4, 0.5) is 0 Å². The quantitative estimate of drug-likeness (QED) is 0.848. The Morgan fingerprint density at radius 2 is 1.94 bits per heavy atom. The van der Waals surface area contributed by atoms with Gasteiger partial charge < -0.3 is 20.1 Å². The average molecular weight is 248 g/mol. The number of fused-ring (bicyclic) bond motifs is 1. The van der Waals surface area contributed by atoms with Gasteiger partial charge in [-0.3, -0.25) is 0 Å². The van der Waals surface area contributed by atoms with Crippen molar-refractivity contribution in [2.45, 2.75) is 11.8 Å². The first kappa shape index (κ1) is 11.8. The average Bonchev–Trinajstić information content (AvgIpc) is 2.59. The molecule has 2 aliphatic heterocycles. The monoisotopic (exact) mass is 248 g/mol. The van der Waals surface area contributed by atoms with Gasteiger partial charge in [-0.1, -0.05) is 6.07 Å². The molecular formula is C14H20N2O2. The molecule has 0 radical (unpaired) electrons. The van der Waals surface area contributed by atoms with Gasteiger partial charge in [0.1, 0.15) is 0 Å². The largest absolute Gasteiger partial charge is 0.490 e. The molecule has 2 N–H and O–H groups in total. The normalized spacial score (nSPS) is 22.1. The molecule has 2 heterocycles. The maximum atomic E-state index is 5.97. The third-order valence-electron chi connectivity index (χ3n) is 3.90. The molecule has 0 bridgehead atoms. The van der Waals surface area contributed by atoms with Crippen molar-refractivity contribution in [3.63, 3.8) is 0 Å². The third kappa shape index (κ3) is 1.85. The molecule has 0 aromatic heterocycles. The minimum Gasteiger partial charge on any atom is -0.490 e. The van der Waals surface area contributed by atoms with Crippen LogP contribution in [0.3, 0.4) is 0 Å². The third-order valence-corrected chi connectivity index (χ3v) is 3.90. The van der Waals surface area contributed by atoms with E-state index in [0.717, 1.165) is 44.2 Å². The molecular weight excluding hydrogens is 228 g/mol. The SMILES string of the molecule is CN1CC(CN)(c2ccc3c(c2)OCCCO3)C1. The Labute approximate surface area is 108 Å². The molecule has 0 saturated carbocycles. The van der Waals surface area contributed by atoms with Crippen LogP contribution in [0, 0.1) is 0 Å². The molecule has 1 aromatic rings. The first-order chi connectivity index (χ1) is 8.73. The van der Waals surface area contributed by atoms with E-state index in [1.807, 2.05) is 6.07 Å². The van der Waals surface area contributed by atoms with Crippen LogP contribution < -0.4 is 15.2 Å². The topological polar surface area (TPSA) is 47.7 Å². The maximum Gasteiger partial charge on any atom is 0.161 e. The summed E-state index contributed by atoms with van der Waals surface area (Å²) in [5, 5.41) is 0. The summed E-state index contributed by atoms with van der Waals surface area (Å²) in [6.45, 7) is 4.17. The molecule has 0 unspecified atom stereocenters. The second-order valence-electron chi connectivity index (χ2n) is 5.37. The Hall–Kier alpha value is -1.26. The molecule has 2 aliphatic rings. The summed E-state index contributed by atoms with van der Waals surface area (Å²) in [6.07, 6.45) is 0.939. The van der Waals surface area contributed by atoms with E-state index in [4.69, 9.17) is 15.2 Å². The molecule has 3 rings (SSSR count). The van der Waals surface area contributed by atoms with E-state index >= 15 is 0 Å². The fourth-order valence-corrected chi connectivity index (χ4v) is 2.91. The molecule has 1 fully saturated rings. The van der Waals surface area contributed by atoms with E-state index in [-0.39, 0.29) is 5.41 Å². The molecule has 18 heavy (non-hydrogen) atoms. The van der Waals surface area contributed by atoms with Crippen LogP contribution in [-0.4, -0.2) is 44.8 Å². The summed E-state index contributed by atoms with van der Waals surface area (Å²) >= 11 is 0. The Morgan fingerprint density at radius 3 is 2.61 bits per heavy atom. The van der Waals surface area contributed by atoms with Gasteiger partial charge in [0, 0.05) is 31.5 Å². The fraction of sp³-hybridized carbons (Fsp3) is 0.571. The summed E-state index contributed by atoms with van der Waals surface area (Å²) in [6, 6.07) is 6.26. The summed E-state index contributed by atoms with van der Waals surface area (Å²) in [5.74, 6) is 1.73. The molecule has 98 valence electrons. The number of rotatable bonds is 2. The van der Waals surface area contributed by atoms with Crippen molar-refractivity contribution in [1.82, 2.24) is 4.90 Å². The lowest BCUT2D eigenvalue weighted by molar-refractivity contribution is 0.0998. The van der Waals surface area contributed by atoms with Gasteiger partial charge in [0.2, 0.25) is 0 Å². The van der Waals surface area contributed by atoms with Crippen molar-refractivity contribution < 1.29 is 9.47 Å². The van der Waals surface area contributed by atoms with Crippen LogP contribution in [0.1, 0.15) is 12.0 Å². The second kappa shape index (κ2) is 4.44. The second-order valence-corrected chi connectivity index (χ2v) is 5.37. The highest BCUT2D eigenvalue weighted by atomic mass is 16.5. The summed E-state index contributed by atoms with van der Waals surface area (Å²) in [5.41, 5.74) is 7.34. The number of likely N-dealkylation sites (N-methyl/N-ethyl adjacent to an activating group) is 1. The van der Waals surface area contributed by atoms with Gasteiger partial charge in [0.25, 0.3) is 0 Å². The van der Waals surface area contributed by atoms with E-state index in [0.29, 0.717) is 6.54 Å². The minimum absolute atomic E-state index is 0.0967. The number of benzene rings is 1. The zero-order valence-electron chi connectivity index (χ0n) is 10.8. The minimum atomic E-state index is 0.0967. The Bertz CT molecular complexity index is 441. The van der Waals surface area contributed by atoms with Crippen molar-refractivity contribution in [2.24, 2.45) is 5.73 Å². The molecule has 0 spiro atoms. The maximum absolute atomic E-state index is 5.97. The van der Waals surface area contributed by atoms with Crippen LogP contribution in [0.2, 0.25) is 0 Å². The van der Waals surface area contributed by atoms with Crippen LogP contribution in [-0.2, 0) is 5.41 Å². The lowest BCUT2D eigenvalue weighted by atomic mass is 9.74. The lowest BCUT2D eigenvalue weighted by Crippen LogP contribution is -2.61. The molecule has 1 aromatic carbocycles. The van der Waals surface area contributed by atoms with Gasteiger partial charge in [-0.25, -0.2) is 0 Å². The highest BCUT2D eigenvalue weighted by Gasteiger charge is 2.41. The van der Waals surface area contributed by atoms with Gasteiger partial charge in [0.15, 0.2) is 11.5 Å². The number of hydrogen-bond acceptors (Lipinski definition) is 4. The Balaban J connectivity index is 1.91. The highest BCUT2D eigenvalue weighted by Crippen LogP contribution is 2.38. The van der Waals surface area contributed by atoms with E-state index < -0.39 is 0 Å². The molecule has 0 amide bonds. The van der Waals surface area contributed by atoms with Crippen molar-refractivity contribution in [3.8, 4) is 11.5 Å². The summed E-state index contributed by atoms with van der Waals surface area (Å²) in [4.78, 5) is 2.29. The summed E-state index contributed by atoms with van der Waals surface area (Å²) < 4.78 is 11.4. The first-order valence-electron chi connectivity index (χ1n) is 6.52. The number of ether oxygens (including phenoxy) is 2. The number of nitrogens with two attached hydrogens (primary N) is 1. The summed E-state index contributed by atoms with van der Waals surface area (Å²) in [7, 11) is 2.12. The van der Waals surface area contributed by atoms with E-state index in [9.17, 15) is 0 Å². The van der Waals surface area contributed by atoms with Crippen molar-refractivity contribution in [3.05, 3.63) is 23.8 Å². The van der Waals surface area contributed by atoms with E-state index in [2.05, 4.69) is 24.1 Å². The van der Waals surface area contributed by atoms with Crippen molar-refractivity contribution in [1.29, 1.82) is 0 Å². The molecule has 0 atom stereocenters. The fourth-order valence-electron chi connectivity index (χ4n) is 2.91.